The highest BCUT2D eigenvalue weighted by molar-refractivity contribution is 5.76. The number of alkyl halides is 3. The Kier molecular flexibility index (Phi) is 6.50. The lowest BCUT2D eigenvalue weighted by molar-refractivity contribution is -0.141. The van der Waals surface area contributed by atoms with E-state index in [9.17, 15) is 22.8 Å². The summed E-state index contributed by atoms with van der Waals surface area (Å²) in [5.74, 6) is -1.15. The number of carboxylic acid groups (broad SMARTS) is 1. The van der Waals surface area contributed by atoms with Gasteiger partial charge in [0.25, 0.3) is 0 Å². The van der Waals surface area contributed by atoms with Crippen molar-refractivity contribution in [2.45, 2.75) is 32.0 Å². The van der Waals surface area contributed by atoms with Gasteiger partial charge in [0.1, 0.15) is 5.82 Å². The monoisotopic (exact) mass is 388 g/mol. The minimum Gasteiger partial charge on any atom is -0.481 e. The Morgan fingerprint density at radius 3 is 2.48 bits per heavy atom. The Labute approximate surface area is 155 Å². The molecule has 1 aliphatic heterocycles. The normalized spacial score (nSPS) is 16.7. The number of pyridine rings is 1. The summed E-state index contributed by atoms with van der Waals surface area (Å²) in [6.07, 6.45) is -2.34. The Morgan fingerprint density at radius 2 is 2.00 bits per heavy atom. The zero-order valence-corrected chi connectivity index (χ0v) is 15.2. The third-order valence-electron chi connectivity index (χ3n) is 4.54. The van der Waals surface area contributed by atoms with E-state index in [0.29, 0.717) is 31.7 Å². The number of anilines is 1. The van der Waals surface area contributed by atoms with Gasteiger partial charge < -0.3 is 20.2 Å². The summed E-state index contributed by atoms with van der Waals surface area (Å²) in [7, 11) is 1.54. The molecule has 27 heavy (non-hydrogen) atoms. The molecule has 0 aliphatic carbocycles. The Bertz CT molecular complexity index is 658. The van der Waals surface area contributed by atoms with E-state index in [2.05, 4.69) is 10.3 Å². The molecule has 10 heteroatoms. The minimum atomic E-state index is -4.41. The van der Waals surface area contributed by atoms with Gasteiger partial charge in [-0.3, -0.25) is 4.79 Å². The van der Waals surface area contributed by atoms with Crippen LogP contribution in [-0.4, -0.2) is 59.7 Å². The van der Waals surface area contributed by atoms with E-state index in [-0.39, 0.29) is 18.6 Å². The van der Waals surface area contributed by atoms with Gasteiger partial charge in [-0.1, -0.05) is 6.92 Å². The van der Waals surface area contributed by atoms with Crippen LogP contribution in [0.5, 0.6) is 0 Å². The summed E-state index contributed by atoms with van der Waals surface area (Å²) in [5, 5.41) is 11.8. The van der Waals surface area contributed by atoms with Crippen LogP contribution in [0, 0.1) is 5.92 Å². The number of hydrogen-bond acceptors (Lipinski definition) is 4. The standard InChI is InChI=1S/C17H23F3N4O3/c1-11(15(25)26)10-23(2)16(27)22-13-5-7-24(8-6-13)14-4-3-12(9-21-14)17(18,19)20/h3-4,9,11,13H,5-8,10H2,1-2H3,(H,22,27)(H,25,26). The molecule has 0 saturated carbocycles. The zero-order chi connectivity index (χ0) is 20.2. The van der Waals surface area contributed by atoms with Crippen molar-refractivity contribution in [2.75, 3.05) is 31.6 Å². The summed E-state index contributed by atoms with van der Waals surface area (Å²) in [4.78, 5) is 30.1. The molecule has 1 atom stereocenters. The number of piperidine rings is 1. The van der Waals surface area contributed by atoms with Crippen molar-refractivity contribution in [3.05, 3.63) is 23.9 Å². The van der Waals surface area contributed by atoms with Gasteiger partial charge in [-0.15, -0.1) is 0 Å². The molecule has 150 valence electrons. The average Bonchev–Trinajstić information content (AvgIpc) is 2.61. The molecule has 2 N–H and O–H groups in total. The molecule has 0 radical (unpaired) electrons. The fraction of sp³-hybridized carbons (Fsp3) is 0.588. The summed E-state index contributed by atoms with van der Waals surface area (Å²) in [6.45, 7) is 2.74. The molecular weight excluding hydrogens is 365 g/mol. The van der Waals surface area contributed by atoms with Crippen LogP contribution < -0.4 is 10.2 Å². The quantitative estimate of drug-likeness (QED) is 0.809. The predicted octanol–water partition coefficient (Wildman–Crippen LogP) is 2.43. The topological polar surface area (TPSA) is 85.8 Å². The van der Waals surface area contributed by atoms with Crippen molar-refractivity contribution in [1.29, 1.82) is 0 Å². The maximum absolute atomic E-state index is 12.6. The number of rotatable bonds is 5. The highest BCUT2D eigenvalue weighted by Gasteiger charge is 2.31. The smallest absolute Gasteiger partial charge is 0.417 e. The number of urea groups is 1. The van der Waals surface area contributed by atoms with Crippen molar-refractivity contribution in [3.8, 4) is 0 Å². The number of carboxylic acids is 1. The molecule has 0 bridgehead atoms. The van der Waals surface area contributed by atoms with Gasteiger partial charge in [-0.05, 0) is 25.0 Å². The molecule has 0 spiro atoms. The summed E-state index contributed by atoms with van der Waals surface area (Å²) in [6, 6.07) is 1.94. The number of hydrogen-bond donors (Lipinski definition) is 2. The number of nitrogens with one attached hydrogen (secondary N) is 1. The molecule has 1 unspecified atom stereocenters. The lowest BCUT2D eigenvalue weighted by atomic mass is 10.1. The lowest BCUT2D eigenvalue weighted by Gasteiger charge is -2.34. The van der Waals surface area contributed by atoms with E-state index in [4.69, 9.17) is 5.11 Å². The number of aromatic nitrogens is 1. The lowest BCUT2D eigenvalue weighted by Crippen LogP contribution is -2.49. The van der Waals surface area contributed by atoms with Gasteiger partial charge in [0.2, 0.25) is 0 Å². The summed E-state index contributed by atoms with van der Waals surface area (Å²) >= 11 is 0. The Hall–Kier alpha value is -2.52. The van der Waals surface area contributed by atoms with E-state index >= 15 is 0 Å². The Balaban J connectivity index is 1.83. The number of carbonyl (C=O) groups excluding carboxylic acids is 1. The maximum Gasteiger partial charge on any atom is 0.417 e. The van der Waals surface area contributed by atoms with Crippen molar-refractivity contribution in [1.82, 2.24) is 15.2 Å². The first-order valence-electron chi connectivity index (χ1n) is 8.60. The first-order valence-corrected chi connectivity index (χ1v) is 8.60. The summed E-state index contributed by atoms with van der Waals surface area (Å²) in [5.41, 5.74) is -0.785. The molecule has 2 heterocycles. The van der Waals surface area contributed by atoms with Crippen LogP contribution in [0.1, 0.15) is 25.3 Å². The molecule has 1 aliphatic rings. The van der Waals surface area contributed by atoms with E-state index in [0.717, 1.165) is 12.3 Å². The van der Waals surface area contributed by atoms with Crippen LogP contribution in [0.25, 0.3) is 0 Å². The third-order valence-corrected chi connectivity index (χ3v) is 4.54. The second kappa shape index (κ2) is 8.45. The molecule has 2 amide bonds. The number of halogens is 3. The molecule has 2 rings (SSSR count). The van der Waals surface area contributed by atoms with Crippen molar-refractivity contribution in [3.63, 3.8) is 0 Å². The van der Waals surface area contributed by atoms with Gasteiger partial charge in [0.15, 0.2) is 0 Å². The van der Waals surface area contributed by atoms with Crippen LogP contribution >= 0.6 is 0 Å². The second-order valence-corrected chi connectivity index (χ2v) is 6.73. The predicted molar refractivity (Wildman–Crippen MR) is 92.4 cm³/mol. The zero-order valence-electron chi connectivity index (χ0n) is 15.2. The van der Waals surface area contributed by atoms with Crippen LogP contribution in [0.15, 0.2) is 18.3 Å². The minimum absolute atomic E-state index is 0.0780. The van der Waals surface area contributed by atoms with Gasteiger partial charge in [0.05, 0.1) is 11.5 Å². The average molecular weight is 388 g/mol. The van der Waals surface area contributed by atoms with Crippen LogP contribution in [-0.2, 0) is 11.0 Å². The van der Waals surface area contributed by atoms with E-state index in [1.807, 2.05) is 4.90 Å². The van der Waals surface area contributed by atoms with Crippen LogP contribution in [0.4, 0.5) is 23.8 Å². The highest BCUT2D eigenvalue weighted by Crippen LogP contribution is 2.29. The maximum atomic E-state index is 12.6. The van der Waals surface area contributed by atoms with E-state index in [1.54, 1.807) is 0 Å². The van der Waals surface area contributed by atoms with E-state index < -0.39 is 23.6 Å². The molecular formula is C17H23F3N4O3. The number of amides is 2. The fourth-order valence-corrected chi connectivity index (χ4v) is 2.85. The molecule has 1 aromatic rings. The molecule has 0 aromatic carbocycles. The SMILES string of the molecule is CC(CN(C)C(=O)NC1CCN(c2ccc(C(F)(F)F)cn2)CC1)C(=O)O. The largest absolute Gasteiger partial charge is 0.481 e. The molecule has 1 aromatic heterocycles. The van der Waals surface area contributed by atoms with Crippen molar-refractivity contribution in [2.24, 2.45) is 5.92 Å². The number of nitrogens with zero attached hydrogens (tertiary/aromatic N) is 3. The van der Waals surface area contributed by atoms with Gasteiger partial charge >= 0.3 is 18.2 Å². The molecule has 1 fully saturated rings. The third kappa shape index (κ3) is 5.73. The van der Waals surface area contributed by atoms with Crippen molar-refractivity contribution < 1.29 is 27.9 Å². The Morgan fingerprint density at radius 1 is 1.37 bits per heavy atom. The summed E-state index contributed by atoms with van der Waals surface area (Å²) < 4.78 is 37.8. The van der Waals surface area contributed by atoms with Crippen molar-refractivity contribution >= 4 is 17.8 Å². The number of aliphatic carboxylic acids is 1. The van der Waals surface area contributed by atoms with Gasteiger partial charge in [-0.25, -0.2) is 9.78 Å². The fourth-order valence-electron chi connectivity index (χ4n) is 2.85. The second-order valence-electron chi connectivity index (χ2n) is 6.73. The van der Waals surface area contributed by atoms with Gasteiger partial charge in [0, 0.05) is 38.9 Å². The van der Waals surface area contributed by atoms with Gasteiger partial charge in [-0.2, -0.15) is 13.2 Å². The van der Waals surface area contributed by atoms with Crippen LogP contribution in [0.3, 0.4) is 0 Å². The first kappa shape index (κ1) is 20.8. The highest BCUT2D eigenvalue weighted by atomic mass is 19.4. The molecule has 1 saturated heterocycles. The van der Waals surface area contributed by atoms with E-state index in [1.165, 1.54) is 24.9 Å². The first-order chi connectivity index (χ1) is 12.6. The molecule has 7 nitrogen and oxygen atoms in total. The van der Waals surface area contributed by atoms with Crippen LogP contribution in [0.2, 0.25) is 0 Å². The number of carbonyl (C=O) groups is 2.